The molecule has 9 heteroatoms. The first kappa shape index (κ1) is 24.7. The third-order valence-corrected chi connectivity index (χ3v) is 6.44. The van der Waals surface area contributed by atoms with E-state index >= 15 is 0 Å². The number of ether oxygens (including phenoxy) is 3. The van der Waals surface area contributed by atoms with Crippen molar-refractivity contribution in [3.05, 3.63) is 42.0 Å². The van der Waals surface area contributed by atoms with Crippen LogP contribution < -0.4 is 30.2 Å². The van der Waals surface area contributed by atoms with Gasteiger partial charge in [0, 0.05) is 57.3 Å². The number of nitrogen functional groups attached to an aromatic ring is 1. The number of rotatable bonds is 9. The zero-order chi connectivity index (χ0) is 24.8. The SMILES string of the molecule is COc1cc(N2CCN(CCCOc3ccc(OC4CCC(=O)NC4=O)cc3)CC2)c(C)cc1N. The van der Waals surface area contributed by atoms with Crippen molar-refractivity contribution in [1.29, 1.82) is 0 Å². The maximum absolute atomic E-state index is 11.8. The van der Waals surface area contributed by atoms with Crippen LogP contribution in [0.2, 0.25) is 0 Å². The number of amides is 2. The van der Waals surface area contributed by atoms with Crippen molar-refractivity contribution in [2.75, 3.05) is 57.1 Å². The van der Waals surface area contributed by atoms with Crippen LogP contribution in [0.15, 0.2) is 36.4 Å². The summed E-state index contributed by atoms with van der Waals surface area (Å²) in [5.74, 6) is 1.43. The Morgan fingerprint density at radius 2 is 1.77 bits per heavy atom. The Hall–Kier alpha value is -3.46. The Kier molecular flexibility index (Phi) is 7.97. The average molecular weight is 483 g/mol. The number of carbonyl (C=O) groups excluding carboxylic acids is 2. The molecule has 9 nitrogen and oxygen atoms in total. The fourth-order valence-electron chi connectivity index (χ4n) is 4.47. The minimum atomic E-state index is -0.633. The lowest BCUT2D eigenvalue weighted by atomic mass is 10.1. The second-order valence-corrected chi connectivity index (χ2v) is 8.94. The van der Waals surface area contributed by atoms with E-state index in [9.17, 15) is 9.59 Å². The molecule has 2 amide bonds. The van der Waals surface area contributed by atoms with Crippen LogP contribution in [-0.2, 0) is 9.59 Å². The number of carbonyl (C=O) groups is 2. The molecule has 0 saturated carbocycles. The van der Waals surface area contributed by atoms with E-state index in [4.69, 9.17) is 19.9 Å². The number of benzene rings is 2. The Morgan fingerprint density at radius 3 is 2.46 bits per heavy atom. The number of aryl methyl sites for hydroxylation is 1. The van der Waals surface area contributed by atoms with Gasteiger partial charge in [0.25, 0.3) is 5.91 Å². The van der Waals surface area contributed by atoms with E-state index in [1.165, 1.54) is 11.3 Å². The number of hydrogen-bond acceptors (Lipinski definition) is 8. The van der Waals surface area contributed by atoms with Gasteiger partial charge < -0.3 is 24.8 Å². The summed E-state index contributed by atoms with van der Waals surface area (Å²) in [6, 6.07) is 11.3. The van der Waals surface area contributed by atoms with Gasteiger partial charge in [0.15, 0.2) is 6.10 Å². The van der Waals surface area contributed by atoms with E-state index in [-0.39, 0.29) is 11.8 Å². The van der Waals surface area contributed by atoms with Gasteiger partial charge in [0.2, 0.25) is 5.91 Å². The number of nitrogens with two attached hydrogens (primary N) is 1. The van der Waals surface area contributed by atoms with E-state index in [2.05, 4.69) is 22.0 Å². The summed E-state index contributed by atoms with van der Waals surface area (Å²) in [4.78, 5) is 27.9. The molecule has 0 bridgehead atoms. The molecule has 0 spiro atoms. The maximum Gasteiger partial charge on any atom is 0.267 e. The van der Waals surface area contributed by atoms with Gasteiger partial charge in [-0.1, -0.05) is 0 Å². The standard InChI is InChI=1S/C26H34N4O5/c1-18-16-21(27)24(33-2)17-22(18)30-13-11-29(12-14-30)10-3-15-34-19-4-6-20(7-5-19)35-23-8-9-25(31)28-26(23)32/h4-7,16-17,23H,3,8-15,27H2,1-2H3,(H,28,31,32). The molecule has 1 unspecified atom stereocenters. The van der Waals surface area contributed by atoms with Crippen molar-refractivity contribution >= 4 is 23.2 Å². The second-order valence-electron chi connectivity index (χ2n) is 8.94. The summed E-state index contributed by atoms with van der Waals surface area (Å²) in [5.41, 5.74) is 9.04. The summed E-state index contributed by atoms with van der Waals surface area (Å²) in [5, 5.41) is 2.30. The zero-order valence-corrected chi connectivity index (χ0v) is 20.4. The Balaban J connectivity index is 1.16. The number of imide groups is 1. The van der Waals surface area contributed by atoms with Crippen LogP contribution in [-0.4, -0.2) is 69.3 Å². The van der Waals surface area contributed by atoms with Crippen molar-refractivity contribution in [3.8, 4) is 17.2 Å². The molecular weight excluding hydrogens is 448 g/mol. The van der Waals surface area contributed by atoms with Gasteiger partial charge in [-0.05, 0) is 49.2 Å². The molecule has 2 aromatic carbocycles. The minimum absolute atomic E-state index is 0.252. The molecule has 3 N–H and O–H groups in total. The minimum Gasteiger partial charge on any atom is -0.495 e. The molecule has 2 aromatic rings. The highest BCUT2D eigenvalue weighted by molar-refractivity contribution is 5.99. The summed E-state index contributed by atoms with van der Waals surface area (Å²) in [6.07, 6.45) is 0.988. The molecule has 188 valence electrons. The molecule has 0 aliphatic carbocycles. The second kappa shape index (κ2) is 11.3. The average Bonchev–Trinajstić information content (AvgIpc) is 2.85. The van der Waals surface area contributed by atoms with Gasteiger partial charge in [-0.15, -0.1) is 0 Å². The van der Waals surface area contributed by atoms with Gasteiger partial charge in [-0.3, -0.25) is 19.8 Å². The number of nitrogens with zero attached hydrogens (tertiary/aromatic N) is 2. The molecule has 2 aliphatic rings. The molecule has 4 rings (SSSR count). The van der Waals surface area contributed by atoms with Crippen molar-refractivity contribution in [2.24, 2.45) is 0 Å². The number of piperazine rings is 1. The Bertz CT molecular complexity index is 1030. The Labute approximate surface area is 206 Å². The summed E-state index contributed by atoms with van der Waals surface area (Å²) >= 11 is 0. The van der Waals surface area contributed by atoms with Crippen LogP contribution in [0, 0.1) is 6.92 Å². The van der Waals surface area contributed by atoms with Crippen LogP contribution in [0.4, 0.5) is 11.4 Å². The lowest BCUT2D eigenvalue weighted by Crippen LogP contribution is -2.47. The molecule has 1 atom stereocenters. The predicted octanol–water partition coefficient (Wildman–Crippen LogP) is 2.36. The van der Waals surface area contributed by atoms with Crippen LogP contribution in [0.5, 0.6) is 17.2 Å². The number of piperidine rings is 1. The first-order valence-electron chi connectivity index (χ1n) is 12.1. The number of anilines is 2. The highest BCUT2D eigenvalue weighted by Gasteiger charge is 2.28. The first-order valence-corrected chi connectivity index (χ1v) is 12.1. The van der Waals surface area contributed by atoms with E-state index in [1.54, 1.807) is 19.2 Å². The van der Waals surface area contributed by atoms with Crippen LogP contribution in [0.3, 0.4) is 0 Å². The molecule has 2 heterocycles. The monoisotopic (exact) mass is 482 g/mol. The number of nitrogens with one attached hydrogen (secondary N) is 1. The summed E-state index contributed by atoms with van der Waals surface area (Å²) < 4.78 is 17.0. The number of methoxy groups -OCH3 is 1. The molecule has 35 heavy (non-hydrogen) atoms. The molecule has 2 fully saturated rings. The molecule has 2 saturated heterocycles. The van der Waals surface area contributed by atoms with Gasteiger partial charge in [-0.2, -0.15) is 0 Å². The third kappa shape index (κ3) is 6.36. The maximum atomic E-state index is 11.8. The topological polar surface area (TPSA) is 106 Å². The highest BCUT2D eigenvalue weighted by Crippen LogP contribution is 2.31. The van der Waals surface area contributed by atoms with Crippen molar-refractivity contribution in [2.45, 2.75) is 32.3 Å². The van der Waals surface area contributed by atoms with Crippen LogP contribution in [0.1, 0.15) is 24.8 Å². The fraction of sp³-hybridized carbons (Fsp3) is 0.462. The van der Waals surface area contributed by atoms with Crippen LogP contribution >= 0.6 is 0 Å². The lowest BCUT2D eigenvalue weighted by molar-refractivity contribution is -0.138. The van der Waals surface area contributed by atoms with E-state index in [0.29, 0.717) is 30.9 Å². The molecule has 0 radical (unpaired) electrons. The van der Waals surface area contributed by atoms with Gasteiger partial charge in [0.1, 0.15) is 17.2 Å². The quantitative estimate of drug-likeness (QED) is 0.319. The number of hydrogen-bond donors (Lipinski definition) is 2. The molecule has 2 aliphatic heterocycles. The van der Waals surface area contributed by atoms with Crippen molar-refractivity contribution in [1.82, 2.24) is 10.2 Å². The molecular formula is C26H34N4O5. The normalized spacial score (nSPS) is 18.8. The van der Waals surface area contributed by atoms with Crippen molar-refractivity contribution in [3.63, 3.8) is 0 Å². The van der Waals surface area contributed by atoms with E-state index in [1.807, 2.05) is 24.3 Å². The van der Waals surface area contributed by atoms with Crippen molar-refractivity contribution < 1.29 is 23.8 Å². The first-order chi connectivity index (χ1) is 16.9. The predicted molar refractivity (Wildman–Crippen MR) is 134 cm³/mol. The Morgan fingerprint density at radius 1 is 1.06 bits per heavy atom. The van der Waals surface area contributed by atoms with E-state index in [0.717, 1.165) is 50.6 Å². The lowest BCUT2D eigenvalue weighted by Gasteiger charge is -2.37. The van der Waals surface area contributed by atoms with Gasteiger partial charge in [0.05, 0.1) is 19.4 Å². The zero-order valence-electron chi connectivity index (χ0n) is 20.4. The fourth-order valence-corrected chi connectivity index (χ4v) is 4.47. The smallest absolute Gasteiger partial charge is 0.267 e. The largest absolute Gasteiger partial charge is 0.495 e. The van der Waals surface area contributed by atoms with Gasteiger partial charge in [-0.25, -0.2) is 0 Å². The third-order valence-electron chi connectivity index (χ3n) is 6.44. The van der Waals surface area contributed by atoms with Gasteiger partial charge >= 0.3 is 0 Å². The van der Waals surface area contributed by atoms with E-state index < -0.39 is 6.10 Å². The summed E-state index contributed by atoms with van der Waals surface area (Å²) in [6.45, 7) is 7.61. The summed E-state index contributed by atoms with van der Waals surface area (Å²) in [7, 11) is 1.65. The van der Waals surface area contributed by atoms with Crippen LogP contribution in [0.25, 0.3) is 0 Å². The molecule has 0 aromatic heterocycles. The highest BCUT2D eigenvalue weighted by atomic mass is 16.5.